The molecule has 0 aliphatic carbocycles. The molecular weight excluding hydrogens is 259 g/mol. The molecule has 0 nitrogen and oxygen atoms in total. The fourth-order valence-electron chi connectivity index (χ4n) is 1.40. The van der Waals surface area contributed by atoms with Crippen molar-refractivity contribution in [1.29, 1.82) is 0 Å². The van der Waals surface area contributed by atoms with Crippen LogP contribution in [0.5, 0.6) is 0 Å². The van der Waals surface area contributed by atoms with Crippen molar-refractivity contribution in [3.8, 4) is 10.4 Å². The Kier molecular flexibility index (Phi) is 4.05. The first kappa shape index (κ1) is 11.7. The van der Waals surface area contributed by atoms with Crippen molar-refractivity contribution in [1.82, 2.24) is 0 Å². The molecule has 0 aliphatic rings. The van der Waals surface area contributed by atoms with Gasteiger partial charge >= 0.3 is 0 Å². The Bertz CT molecular complexity index is 500. The first-order valence-electron chi connectivity index (χ1n) is 4.88. The van der Waals surface area contributed by atoms with Gasteiger partial charge in [-0.05, 0) is 35.9 Å². The Hall–Kier alpha value is -0.760. The predicted octanol–water partition coefficient (Wildman–Crippen LogP) is 5.32. The van der Waals surface area contributed by atoms with Crippen LogP contribution in [0.15, 0.2) is 42.5 Å². The Balaban J connectivity index is 2.28. The summed E-state index contributed by atoms with van der Waals surface area (Å²) in [7, 11) is 0. The van der Waals surface area contributed by atoms with Crippen molar-refractivity contribution in [2.24, 2.45) is 0 Å². The normalized spacial score (nSPS) is 11.1. The second-order valence-electron chi connectivity index (χ2n) is 3.27. The second-order valence-corrected chi connectivity index (χ2v) is 5.13. The lowest BCUT2D eigenvalue weighted by Crippen LogP contribution is -1.70. The van der Waals surface area contributed by atoms with Crippen molar-refractivity contribution >= 4 is 40.6 Å². The van der Waals surface area contributed by atoms with Crippen LogP contribution >= 0.6 is 34.5 Å². The van der Waals surface area contributed by atoms with E-state index in [-0.39, 0.29) is 0 Å². The molecular formula is C13H10Cl2S. The molecule has 0 atom stereocenters. The van der Waals surface area contributed by atoms with Gasteiger partial charge in [-0.2, -0.15) is 0 Å². The number of benzene rings is 1. The highest BCUT2D eigenvalue weighted by molar-refractivity contribution is 7.16. The molecule has 0 radical (unpaired) electrons. The van der Waals surface area contributed by atoms with Crippen molar-refractivity contribution in [2.75, 3.05) is 5.88 Å². The zero-order valence-electron chi connectivity index (χ0n) is 8.49. The van der Waals surface area contributed by atoms with Gasteiger partial charge in [0.05, 0.1) is 0 Å². The zero-order chi connectivity index (χ0) is 11.4. The summed E-state index contributed by atoms with van der Waals surface area (Å²) in [6.07, 6.45) is 3.97. The largest absolute Gasteiger partial charge is 0.136 e. The summed E-state index contributed by atoms with van der Waals surface area (Å²) in [5.74, 6) is 0.546. The summed E-state index contributed by atoms with van der Waals surface area (Å²) < 4.78 is 0. The molecule has 2 aromatic rings. The van der Waals surface area contributed by atoms with Crippen LogP contribution in [-0.4, -0.2) is 5.88 Å². The highest BCUT2D eigenvalue weighted by Crippen LogP contribution is 2.30. The number of hydrogen-bond donors (Lipinski definition) is 0. The molecule has 1 aromatic carbocycles. The van der Waals surface area contributed by atoms with E-state index in [4.69, 9.17) is 23.2 Å². The zero-order valence-corrected chi connectivity index (χ0v) is 10.8. The predicted molar refractivity (Wildman–Crippen MR) is 74.5 cm³/mol. The number of allylic oxidation sites excluding steroid dienone is 1. The van der Waals surface area contributed by atoms with Crippen LogP contribution in [0.1, 0.15) is 4.88 Å². The Morgan fingerprint density at radius 1 is 1.19 bits per heavy atom. The first-order valence-corrected chi connectivity index (χ1v) is 6.61. The van der Waals surface area contributed by atoms with Gasteiger partial charge in [0.2, 0.25) is 0 Å². The minimum absolute atomic E-state index is 0.546. The molecule has 1 heterocycles. The van der Waals surface area contributed by atoms with Gasteiger partial charge in [0.15, 0.2) is 0 Å². The van der Waals surface area contributed by atoms with Gasteiger partial charge in [0, 0.05) is 20.7 Å². The standard InChI is InChI=1S/C13H10Cl2S/c14-8-2-5-12-6-7-13(16-12)10-3-1-4-11(15)9-10/h1-7,9H,8H2. The van der Waals surface area contributed by atoms with Gasteiger partial charge in [-0.15, -0.1) is 22.9 Å². The molecule has 0 bridgehead atoms. The second kappa shape index (κ2) is 5.53. The molecule has 16 heavy (non-hydrogen) atoms. The maximum Gasteiger partial charge on any atom is 0.0412 e. The Morgan fingerprint density at radius 3 is 2.81 bits per heavy atom. The first-order chi connectivity index (χ1) is 7.79. The van der Waals surface area contributed by atoms with E-state index < -0.39 is 0 Å². The van der Waals surface area contributed by atoms with E-state index in [1.54, 1.807) is 11.3 Å². The molecule has 0 N–H and O–H groups in total. The molecule has 1 aromatic heterocycles. The molecule has 0 saturated heterocycles. The molecule has 3 heteroatoms. The van der Waals surface area contributed by atoms with Gasteiger partial charge in [-0.1, -0.05) is 29.8 Å². The lowest BCUT2D eigenvalue weighted by molar-refractivity contribution is 1.70. The van der Waals surface area contributed by atoms with Gasteiger partial charge in [0.1, 0.15) is 0 Å². The molecule has 0 spiro atoms. The summed E-state index contributed by atoms with van der Waals surface area (Å²) in [5, 5.41) is 0.767. The number of rotatable bonds is 3. The van der Waals surface area contributed by atoms with E-state index in [1.165, 1.54) is 9.75 Å². The monoisotopic (exact) mass is 268 g/mol. The van der Waals surface area contributed by atoms with Crippen molar-refractivity contribution in [3.63, 3.8) is 0 Å². The Morgan fingerprint density at radius 2 is 2.06 bits per heavy atom. The third-order valence-corrected chi connectivity index (χ3v) is 3.62. The lowest BCUT2D eigenvalue weighted by Gasteiger charge is -1.96. The summed E-state index contributed by atoms with van der Waals surface area (Å²) in [4.78, 5) is 2.42. The highest BCUT2D eigenvalue weighted by atomic mass is 35.5. The van der Waals surface area contributed by atoms with E-state index in [1.807, 2.05) is 30.4 Å². The Labute approximate surface area is 109 Å². The third kappa shape index (κ3) is 2.88. The number of halogens is 2. The van der Waals surface area contributed by atoms with Crippen molar-refractivity contribution in [2.45, 2.75) is 0 Å². The maximum absolute atomic E-state index is 5.96. The van der Waals surface area contributed by atoms with Crippen molar-refractivity contribution < 1.29 is 0 Å². The quantitative estimate of drug-likeness (QED) is 0.661. The fourth-order valence-corrected chi connectivity index (χ4v) is 2.61. The van der Waals surface area contributed by atoms with E-state index in [2.05, 4.69) is 18.2 Å². The van der Waals surface area contributed by atoms with Crippen LogP contribution in [-0.2, 0) is 0 Å². The van der Waals surface area contributed by atoms with Crippen LogP contribution in [0, 0.1) is 0 Å². The van der Waals surface area contributed by atoms with Crippen molar-refractivity contribution in [3.05, 3.63) is 52.4 Å². The molecule has 0 unspecified atom stereocenters. The maximum atomic E-state index is 5.96. The van der Waals surface area contributed by atoms with E-state index in [0.717, 1.165) is 10.6 Å². The fraction of sp³-hybridized carbons (Fsp3) is 0.0769. The highest BCUT2D eigenvalue weighted by Gasteiger charge is 2.01. The lowest BCUT2D eigenvalue weighted by atomic mass is 10.2. The van der Waals surface area contributed by atoms with Gasteiger partial charge in [-0.3, -0.25) is 0 Å². The molecule has 0 aliphatic heterocycles. The number of hydrogen-bond acceptors (Lipinski definition) is 1. The molecule has 0 amide bonds. The molecule has 0 saturated carbocycles. The van der Waals surface area contributed by atoms with E-state index >= 15 is 0 Å². The van der Waals surface area contributed by atoms with E-state index in [0.29, 0.717) is 5.88 Å². The molecule has 82 valence electrons. The smallest absolute Gasteiger partial charge is 0.0412 e. The van der Waals surface area contributed by atoms with E-state index in [9.17, 15) is 0 Å². The topological polar surface area (TPSA) is 0 Å². The summed E-state index contributed by atoms with van der Waals surface area (Å²) in [5.41, 5.74) is 1.16. The molecule has 2 rings (SSSR count). The number of alkyl halides is 1. The minimum Gasteiger partial charge on any atom is -0.136 e. The summed E-state index contributed by atoms with van der Waals surface area (Å²) in [6, 6.07) is 12.1. The summed E-state index contributed by atoms with van der Waals surface area (Å²) in [6.45, 7) is 0. The average Bonchev–Trinajstić information content (AvgIpc) is 2.75. The SMILES string of the molecule is ClCC=Cc1ccc(-c2cccc(Cl)c2)s1. The van der Waals surface area contributed by atoms with Crippen LogP contribution in [0.4, 0.5) is 0 Å². The van der Waals surface area contributed by atoms with Crippen LogP contribution in [0.3, 0.4) is 0 Å². The number of thiophene rings is 1. The van der Waals surface area contributed by atoms with Crippen LogP contribution in [0.25, 0.3) is 16.5 Å². The van der Waals surface area contributed by atoms with Gasteiger partial charge in [-0.25, -0.2) is 0 Å². The molecule has 0 fully saturated rings. The van der Waals surface area contributed by atoms with Crippen LogP contribution in [0.2, 0.25) is 5.02 Å². The van der Waals surface area contributed by atoms with Gasteiger partial charge in [0.25, 0.3) is 0 Å². The summed E-state index contributed by atoms with van der Waals surface area (Å²) >= 11 is 13.3. The average molecular weight is 269 g/mol. The van der Waals surface area contributed by atoms with Gasteiger partial charge < -0.3 is 0 Å². The van der Waals surface area contributed by atoms with Crippen LogP contribution < -0.4 is 0 Å². The third-order valence-electron chi connectivity index (χ3n) is 2.11. The minimum atomic E-state index is 0.546.